The first-order valence-corrected chi connectivity index (χ1v) is 10.6. The minimum absolute atomic E-state index is 0.0308. The molecule has 0 amide bonds. The van der Waals surface area contributed by atoms with E-state index in [0.717, 1.165) is 11.1 Å². The molecule has 0 heterocycles. The molecule has 0 spiro atoms. The van der Waals surface area contributed by atoms with Gasteiger partial charge in [0.2, 0.25) is 0 Å². The highest BCUT2D eigenvalue weighted by Crippen LogP contribution is 2.13. The van der Waals surface area contributed by atoms with Gasteiger partial charge in [-0.3, -0.25) is 8.74 Å². The molecule has 1 unspecified atom stereocenters. The molecule has 3 N–H and O–H groups in total. The number of benzene rings is 2. The van der Waals surface area contributed by atoms with Crippen LogP contribution in [0.1, 0.15) is 11.1 Å². The van der Waals surface area contributed by atoms with Crippen LogP contribution in [0.2, 0.25) is 0 Å². The van der Waals surface area contributed by atoms with Crippen molar-refractivity contribution in [3.8, 4) is 0 Å². The second kappa shape index (κ2) is 9.93. The highest BCUT2D eigenvalue weighted by Gasteiger charge is 2.16. The Morgan fingerprint density at radius 3 is 1.63 bits per heavy atom. The number of aliphatic hydroxyl groups excluding tert-OH is 2. The summed E-state index contributed by atoms with van der Waals surface area (Å²) < 4.78 is 57.2. The quantitative estimate of drug-likeness (QED) is 0.471. The van der Waals surface area contributed by atoms with Gasteiger partial charge in [0.05, 0.1) is 23.0 Å². The molecule has 0 aliphatic rings. The molecule has 0 aromatic heterocycles. The maximum absolute atomic E-state index is 11.5. The molecule has 0 fully saturated rings. The molecule has 27 heavy (non-hydrogen) atoms. The van der Waals surface area contributed by atoms with E-state index < -0.39 is 39.6 Å². The third kappa shape index (κ3) is 8.16. The minimum atomic E-state index is -4.02. The third-order valence-corrected chi connectivity index (χ3v) is 5.42. The number of hydrogen-bond donors (Lipinski definition) is 3. The van der Waals surface area contributed by atoms with Gasteiger partial charge in [-0.15, -0.1) is 0 Å². The number of aryl methyl sites for hydroxylation is 2. The lowest BCUT2D eigenvalue weighted by Gasteiger charge is -2.08. The molecule has 150 valence electrons. The van der Waals surface area contributed by atoms with Crippen LogP contribution in [0.15, 0.2) is 58.3 Å². The Morgan fingerprint density at radius 1 is 0.852 bits per heavy atom. The molecule has 0 saturated heterocycles. The van der Waals surface area contributed by atoms with E-state index in [1.165, 1.54) is 24.3 Å². The van der Waals surface area contributed by atoms with Crippen molar-refractivity contribution in [2.75, 3.05) is 13.2 Å². The van der Waals surface area contributed by atoms with E-state index in [0.29, 0.717) is 0 Å². The van der Waals surface area contributed by atoms with Crippen LogP contribution in [0, 0.1) is 13.8 Å². The van der Waals surface area contributed by atoms with Crippen LogP contribution in [0.25, 0.3) is 0 Å². The maximum Gasteiger partial charge on any atom is 0.297 e. The Bertz CT molecular complexity index is 918. The molecule has 8 nitrogen and oxygen atoms in total. The van der Waals surface area contributed by atoms with Crippen molar-refractivity contribution in [2.45, 2.75) is 29.7 Å². The smallest absolute Gasteiger partial charge is 0.297 e. The van der Waals surface area contributed by atoms with Crippen molar-refractivity contribution >= 4 is 20.2 Å². The van der Waals surface area contributed by atoms with Crippen molar-refractivity contribution in [3.05, 3.63) is 59.7 Å². The highest BCUT2D eigenvalue weighted by atomic mass is 32.2. The molecule has 1 atom stereocenters. The number of hydrogen-bond acceptors (Lipinski definition) is 7. The fraction of sp³-hybridized carbons (Fsp3) is 0.294. The summed E-state index contributed by atoms with van der Waals surface area (Å²) in [5, 5.41) is 17.5. The zero-order chi connectivity index (χ0) is 20.7. The van der Waals surface area contributed by atoms with Crippen LogP contribution >= 0.6 is 0 Å². The van der Waals surface area contributed by atoms with Crippen molar-refractivity contribution in [2.24, 2.45) is 0 Å². The molecule has 0 aliphatic heterocycles. The zero-order valence-corrected chi connectivity index (χ0v) is 16.4. The average molecular weight is 418 g/mol. The molecular formula is C17H22O8S2. The van der Waals surface area contributed by atoms with E-state index in [-0.39, 0.29) is 9.79 Å². The van der Waals surface area contributed by atoms with Gasteiger partial charge in [-0.1, -0.05) is 35.4 Å². The summed E-state index contributed by atoms with van der Waals surface area (Å²) in [6, 6.07) is 12.1. The topological polar surface area (TPSA) is 138 Å². The summed E-state index contributed by atoms with van der Waals surface area (Å²) in [4.78, 5) is -0.0358. The molecule has 2 aromatic carbocycles. The Morgan fingerprint density at radius 2 is 1.26 bits per heavy atom. The Hall–Kier alpha value is -1.82. The van der Waals surface area contributed by atoms with E-state index in [2.05, 4.69) is 4.18 Å². The molecule has 0 aliphatic carbocycles. The Kier molecular flexibility index (Phi) is 8.54. The lowest BCUT2D eigenvalue weighted by atomic mass is 10.2. The van der Waals surface area contributed by atoms with Crippen molar-refractivity contribution < 1.29 is 35.8 Å². The maximum atomic E-state index is 11.5. The molecular weight excluding hydrogens is 396 g/mol. The van der Waals surface area contributed by atoms with Gasteiger partial charge in [0, 0.05) is 0 Å². The van der Waals surface area contributed by atoms with Gasteiger partial charge < -0.3 is 10.2 Å². The molecule has 0 radical (unpaired) electrons. The fourth-order valence-electron chi connectivity index (χ4n) is 1.70. The van der Waals surface area contributed by atoms with Gasteiger partial charge in [-0.05, 0) is 38.1 Å². The van der Waals surface area contributed by atoms with Gasteiger partial charge in [-0.2, -0.15) is 16.8 Å². The van der Waals surface area contributed by atoms with E-state index >= 15 is 0 Å². The lowest BCUT2D eigenvalue weighted by Crippen LogP contribution is -2.22. The largest absolute Gasteiger partial charge is 0.394 e. The summed E-state index contributed by atoms with van der Waals surface area (Å²) >= 11 is 0. The van der Waals surface area contributed by atoms with E-state index in [1.54, 1.807) is 24.3 Å². The highest BCUT2D eigenvalue weighted by molar-refractivity contribution is 7.86. The summed E-state index contributed by atoms with van der Waals surface area (Å²) in [7, 11) is -7.87. The van der Waals surface area contributed by atoms with Gasteiger partial charge in [0.15, 0.2) is 0 Å². The minimum Gasteiger partial charge on any atom is -0.394 e. The summed E-state index contributed by atoms with van der Waals surface area (Å²) in [6.45, 7) is 2.69. The van der Waals surface area contributed by atoms with Crippen LogP contribution in [-0.4, -0.2) is 50.9 Å². The van der Waals surface area contributed by atoms with Crippen molar-refractivity contribution in [3.63, 3.8) is 0 Å². The first-order valence-electron chi connectivity index (χ1n) is 7.75. The molecule has 0 saturated carbocycles. The second-order valence-corrected chi connectivity index (χ2v) is 8.71. The molecule has 0 bridgehead atoms. The summed E-state index contributed by atoms with van der Waals surface area (Å²) in [5.74, 6) is 0. The van der Waals surface area contributed by atoms with Crippen LogP contribution in [-0.2, 0) is 24.4 Å². The van der Waals surface area contributed by atoms with E-state index in [1.807, 2.05) is 13.8 Å². The van der Waals surface area contributed by atoms with Gasteiger partial charge >= 0.3 is 0 Å². The van der Waals surface area contributed by atoms with Crippen LogP contribution in [0.3, 0.4) is 0 Å². The van der Waals surface area contributed by atoms with Crippen molar-refractivity contribution in [1.82, 2.24) is 0 Å². The van der Waals surface area contributed by atoms with Gasteiger partial charge in [-0.25, -0.2) is 0 Å². The zero-order valence-electron chi connectivity index (χ0n) is 14.8. The lowest BCUT2D eigenvalue weighted by molar-refractivity contribution is 0.0557. The first-order chi connectivity index (χ1) is 12.5. The molecule has 10 heteroatoms. The second-order valence-electron chi connectivity index (χ2n) is 5.68. The van der Waals surface area contributed by atoms with Crippen LogP contribution < -0.4 is 0 Å². The average Bonchev–Trinajstić information content (AvgIpc) is 2.60. The predicted octanol–water partition coefficient (Wildman–Crippen LogP) is 1.30. The molecule has 2 rings (SSSR count). The van der Waals surface area contributed by atoms with E-state index in [4.69, 9.17) is 14.8 Å². The SMILES string of the molecule is Cc1ccc(S(=O)(=O)O)cc1.Cc1ccc(S(=O)(=O)OCC(O)CO)cc1. The van der Waals surface area contributed by atoms with Crippen LogP contribution in [0.5, 0.6) is 0 Å². The standard InChI is InChI=1S/C10H14O5S.C7H8O3S/c1-8-2-4-10(5-3-8)16(13,14)15-7-9(12)6-11;1-6-2-4-7(5-3-6)11(8,9)10/h2-5,9,11-12H,6-7H2,1H3;2-5H,1H3,(H,8,9,10). The van der Waals surface area contributed by atoms with Gasteiger partial charge in [0.1, 0.15) is 6.10 Å². The van der Waals surface area contributed by atoms with Gasteiger partial charge in [0.25, 0.3) is 20.2 Å². The van der Waals surface area contributed by atoms with Crippen molar-refractivity contribution in [1.29, 1.82) is 0 Å². The molecule has 2 aromatic rings. The Labute approximate surface area is 158 Å². The normalized spacial score (nSPS) is 12.8. The summed E-state index contributed by atoms with van der Waals surface area (Å²) in [6.07, 6.45) is -1.19. The monoisotopic (exact) mass is 418 g/mol. The third-order valence-electron chi connectivity index (χ3n) is 3.25. The van der Waals surface area contributed by atoms with Crippen LogP contribution in [0.4, 0.5) is 0 Å². The fourth-order valence-corrected chi connectivity index (χ4v) is 3.13. The predicted molar refractivity (Wildman–Crippen MR) is 98.4 cm³/mol. The number of aliphatic hydroxyl groups is 2. The number of rotatable bonds is 6. The van der Waals surface area contributed by atoms with E-state index in [9.17, 15) is 16.8 Å². The Balaban J connectivity index is 0.000000289. The first kappa shape index (κ1) is 23.2. The summed E-state index contributed by atoms with van der Waals surface area (Å²) in [5.41, 5.74) is 1.90.